The molecule has 1 saturated carbocycles. The van der Waals surface area contributed by atoms with Gasteiger partial charge in [-0.1, -0.05) is 43.5 Å². The van der Waals surface area contributed by atoms with E-state index in [1.807, 2.05) is 0 Å². The van der Waals surface area contributed by atoms with Gasteiger partial charge in [0, 0.05) is 18.5 Å². The molecule has 2 fully saturated rings. The van der Waals surface area contributed by atoms with Crippen molar-refractivity contribution in [3.8, 4) is 0 Å². The minimum atomic E-state index is 0.270. The van der Waals surface area contributed by atoms with Crippen molar-refractivity contribution in [2.75, 3.05) is 26.2 Å². The van der Waals surface area contributed by atoms with Crippen LogP contribution in [0.25, 0.3) is 0 Å². The van der Waals surface area contributed by atoms with Gasteiger partial charge < -0.3 is 10.6 Å². The molecule has 0 bridgehead atoms. The minimum absolute atomic E-state index is 0.270. The SMILES string of the molecule is NCC1(c2ccc(CCN3CCCC3)cc2)CCCCC1. The van der Waals surface area contributed by atoms with Gasteiger partial charge in [-0.15, -0.1) is 0 Å². The maximum absolute atomic E-state index is 6.14. The zero-order valence-corrected chi connectivity index (χ0v) is 13.3. The molecule has 0 spiro atoms. The summed E-state index contributed by atoms with van der Waals surface area (Å²) >= 11 is 0. The Morgan fingerprint density at radius 3 is 2.19 bits per heavy atom. The van der Waals surface area contributed by atoms with Gasteiger partial charge in [0.1, 0.15) is 0 Å². The molecule has 21 heavy (non-hydrogen) atoms. The quantitative estimate of drug-likeness (QED) is 0.898. The lowest BCUT2D eigenvalue weighted by atomic mass is 9.69. The van der Waals surface area contributed by atoms with Gasteiger partial charge in [-0.3, -0.25) is 0 Å². The minimum Gasteiger partial charge on any atom is -0.330 e. The molecule has 0 unspecified atom stereocenters. The fourth-order valence-electron chi connectivity index (χ4n) is 4.16. The first-order valence-electron chi connectivity index (χ1n) is 8.84. The summed E-state index contributed by atoms with van der Waals surface area (Å²) in [4.78, 5) is 2.59. The average Bonchev–Trinajstić information content (AvgIpc) is 3.07. The largest absolute Gasteiger partial charge is 0.330 e. The normalized spacial score (nSPS) is 22.5. The van der Waals surface area contributed by atoms with Crippen LogP contribution in [0.1, 0.15) is 56.1 Å². The highest BCUT2D eigenvalue weighted by Crippen LogP contribution is 2.38. The molecule has 0 atom stereocenters. The first kappa shape index (κ1) is 15.1. The molecule has 2 aliphatic rings. The van der Waals surface area contributed by atoms with Crippen molar-refractivity contribution in [3.05, 3.63) is 35.4 Å². The molecule has 1 aromatic carbocycles. The van der Waals surface area contributed by atoms with Gasteiger partial charge in [-0.25, -0.2) is 0 Å². The van der Waals surface area contributed by atoms with Crippen LogP contribution in [-0.2, 0) is 11.8 Å². The molecule has 0 radical (unpaired) electrons. The molecule has 1 saturated heterocycles. The predicted molar refractivity (Wildman–Crippen MR) is 89.6 cm³/mol. The highest BCUT2D eigenvalue weighted by Gasteiger charge is 2.32. The Labute approximate surface area is 129 Å². The van der Waals surface area contributed by atoms with Crippen molar-refractivity contribution in [3.63, 3.8) is 0 Å². The number of hydrogen-bond donors (Lipinski definition) is 1. The van der Waals surface area contributed by atoms with Crippen LogP contribution in [0.4, 0.5) is 0 Å². The van der Waals surface area contributed by atoms with Crippen LogP contribution < -0.4 is 5.73 Å². The van der Waals surface area contributed by atoms with Gasteiger partial charge in [0.15, 0.2) is 0 Å². The summed E-state index contributed by atoms with van der Waals surface area (Å²) in [6.07, 6.45) is 10.6. The summed E-state index contributed by atoms with van der Waals surface area (Å²) in [5.74, 6) is 0. The van der Waals surface area contributed by atoms with E-state index >= 15 is 0 Å². The molecule has 0 amide bonds. The predicted octanol–water partition coefficient (Wildman–Crippen LogP) is 3.49. The van der Waals surface area contributed by atoms with Crippen LogP contribution in [0.2, 0.25) is 0 Å². The summed E-state index contributed by atoms with van der Waals surface area (Å²) < 4.78 is 0. The highest BCUT2D eigenvalue weighted by molar-refractivity contribution is 5.30. The smallest absolute Gasteiger partial charge is 0.00755 e. The van der Waals surface area contributed by atoms with E-state index in [0.29, 0.717) is 0 Å². The first-order chi connectivity index (χ1) is 10.3. The van der Waals surface area contributed by atoms with E-state index in [1.165, 1.54) is 82.1 Å². The van der Waals surface area contributed by atoms with E-state index in [-0.39, 0.29) is 5.41 Å². The third kappa shape index (κ3) is 3.49. The van der Waals surface area contributed by atoms with E-state index in [9.17, 15) is 0 Å². The molecular weight excluding hydrogens is 256 g/mol. The highest BCUT2D eigenvalue weighted by atomic mass is 15.1. The summed E-state index contributed by atoms with van der Waals surface area (Å²) in [5, 5.41) is 0. The van der Waals surface area contributed by atoms with Crippen molar-refractivity contribution < 1.29 is 0 Å². The fraction of sp³-hybridized carbons (Fsp3) is 0.684. The topological polar surface area (TPSA) is 29.3 Å². The molecule has 2 heteroatoms. The van der Waals surface area contributed by atoms with E-state index in [1.54, 1.807) is 0 Å². The molecule has 1 aromatic rings. The van der Waals surface area contributed by atoms with Crippen molar-refractivity contribution in [1.29, 1.82) is 0 Å². The number of nitrogens with two attached hydrogens (primary N) is 1. The average molecular weight is 286 g/mol. The zero-order valence-electron chi connectivity index (χ0n) is 13.3. The lowest BCUT2D eigenvalue weighted by molar-refractivity contribution is 0.300. The Morgan fingerprint density at radius 1 is 0.905 bits per heavy atom. The monoisotopic (exact) mass is 286 g/mol. The van der Waals surface area contributed by atoms with Crippen molar-refractivity contribution in [2.24, 2.45) is 5.73 Å². The molecule has 1 heterocycles. The van der Waals surface area contributed by atoms with E-state index in [0.717, 1.165) is 6.54 Å². The molecular formula is C19H30N2. The Morgan fingerprint density at radius 2 is 1.57 bits per heavy atom. The van der Waals surface area contributed by atoms with Gasteiger partial charge in [0.25, 0.3) is 0 Å². The van der Waals surface area contributed by atoms with Crippen molar-refractivity contribution >= 4 is 0 Å². The molecule has 2 N–H and O–H groups in total. The third-order valence-electron chi connectivity index (χ3n) is 5.68. The van der Waals surface area contributed by atoms with Crippen molar-refractivity contribution in [2.45, 2.75) is 56.8 Å². The van der Waals surface area contributed by atoms with Crippen molar-refractivity contribution in [1.82, 2.24) is 4.90 Å². The van der Waals surface area contributed by atoms with E-state index in [2.05, 4.69) is 29.2 Å². The van der Waals surface area contributed by atoms with Gasteiger partial charge in [-0.2, -0.15) is 0 Å². The Balaban J connectivity index is 1.62. The van der Waals surface area contributed by atoms with Gasteiger partial charge in [0.05, 0.1) is 0 Å². The maximum Gasteiger partial charge on any atom is 0.00755 e. The maximum atomic E-state index is 6.14. The zero-order chi connectivity index (χ0) is 14.5. The number of likely N-dealkylation sites (tertiary alicyclic amines) is 1. The number of hydrogen-bond acceptors (Lipinski definition) is 2. The third-order valence-corrected chi connectivity index (χ3v) is 5.68. The standard InChI is InChI=1S/C19H30N2/c20-16-19(11-2-1-3-12-19)18-8-6-17(7-9-18)10-15-21-13-4-5-14-21/h6-9H,1-5,10-16,20H2. The van der Waals surface area contributed by atoms with Crippen LogP contribution in [-0.4, -0.2) is 31.1 Å². The lowest BCUT2D eigenvalue weighted by Gasteiger charge is -2.37. The number of rotatable bonds is 5. The Bertz CT molecular complexity index is 425. The number of nitrogens with zero attached hydrogens (tertiary/aromatic N) is 1. The summed E-state index contributed by atoms with van der Waals surface area (Å²) in [6, 6.07) is 9.41. The van der Waals surface area contributed by atoms with Crippen LogP contribution >= 0.6 is 0 Å². The molecule has 116 valence electrons. The number of benzene rings is 1. The molecule has 0 aromatic heterocycles. The summed E-state index contributed by atoms with van der Waals surface area (Å²) in [7, 11) is 0. The summed E-state index contributed by atoms with van der Waals surface area (Å²) in [5.41, 5.74) is 9.37. The van der Waals surface area contributed by atoms with Crippen LogP contribution in [0.3, 0.4) is 0 Å². The second-order valence-electron chi connectivity index (χ2n) is 7.04. The second kappa shape index (κ2) is 6.93. The van der Waals surface area contributed by atoms with Crippen LogP contribution in [0.15, 0.2) is 24.3 Å². The van der Waals surface area contributed by atoms with Gasteiger partial charge in [0.2, 0.25) is 0 Å². The van der Waals surface area contributed by atoms with Crippen LogP contribution in [0.5, 0.6) is 0 Å². The summed E-state index contributed by atoms with van der Waals surface area (Å²) in [6.45, 7) is 4.63. The van der Waals surface area contributed by atoms with E-state index < -0.39 is 0 Å². The molecule has 3 rings (SSSR count). The molecule has 2 nitrogen and oxygen atoms in total. The van der Waals surface area contributed by atoms with Gasteiger partial charge in [-0.05, 0) is 56.3 Å². The van der Waals surface area contributed by atoms with E-state index in [4.69, 9.17) is 5.73 Å². The lowest BCUT2D eigenvalue weighted by Crippen LogP contribution is -2.37. The molecule has 1 aliphatic heterocycles. The molecule has 1 aliphatic carbocycles. The van der Waals surface area contributed by atoms with Gasteiger partial charge >= 0.3 is 0 Å². The second-order valence-corrected chi connectivity index (χ2v) is 7.04. The Kier molecular flexibility index (Phi) is 4.97. The Hall–Kier alpha value is -0.860. The van der Waals surface area contributed by atoms with Crippen LogP contribution in [0, 0.1) is 0 Å². The first-order valence-corrected chi connectivity index (χ1v) is 8.84. The fourth-order valence-corrected chi connectivity index (χ4v) is 4.16.